The summed E-state index contributed by atoms with van der Waals surface area (Å²) in [4.78, 5) is 0. The molecule has 2 aromatic rings. The van der Waals surface area contributed by atoms with Gasteiger partial charge in [0.15, 0.2) is 0 Å². The van der Waals surface area contributed by atoms with Gasteiger partial charge in [-0.15, -0.1) is 0 Å². The van der Waals surface area contributed by atoms with Gasteiger partial charge in [-0.3, -0.25) is 0 Å². The molecular formula is C12H9BrF2N2. The third kappa shape index (κ3) is 2.74. The number of benzene rings is 2. The first-order valence-corrected chi connectivity index (χ1v) is 5.62. The highest BCUT2D eigenvalue weighted by atomic mass is 79.9. The zero-order chi connectivity index (χ0) is 12.4. The zero-order valence-electron chi connectivity index (χ0n) is 8.68. The maximum atomic E-state index is 12.9. The summed E-state index contributed by atoms with van der Waals surface area (Å²) in [6.45, 7) is 0. The van der Waals surface area contributed by atoms with Gasteiger partial charge < -0.3 is 11.1 Å². The fourth-order valence-corrected chi connectivity index (χ4v) is 1.83. The highest BCUT2D eigenvalue weighted by molar-refractivity contribution is 9.10. The molecular weight excluding hydrogens is 290 g/mol. The van der Waals surface area contributed by atoms with Crippen LogP contribution in [0.3, 0.4) is 0 Å². The lowest BCUT2D eigenvalue weighted by Gasteiger charge is -2.10. The molecule has 0 bridgehead atoms. The van der Waals surface area contributed by atoms with E-state index >= 15 is 0 Å². The Morgan fingerprint density at radius 3 is 2.12 bits per heavy atom. The summed E-state index contributed by atoms with van der Waals surface area (Å²) in [7, 11) is 0. The standard InChI is InChI=1S/C12H9BrF2N2/c13-9-5-7(14)1-3-11(9)17-12-4-2-8(15)6-10(12)16/h1-6,17H,16H2. The highest BCUT2D eigenvalue weighted by Gasteiger charge is 2.05. The molecule has 0 saturated heterocycles. The molecule has 0 fully saturated rings. The molecule has 17 heavy (non-hydrogen) atoms. The minimum absolute atomic E-state index is 0.293. The van der Waals surface area contributed by atoms with E-state index in [1.54, 1.807) is 6.07 Å². The number of rotatable bonds is 2. The Kier molecular flexibility index (Phi) is 3.28. The predicted molar refractivity (Wildman–Crippen MR) is 68.2 cm³/mol. The largest absolute Gasteiger partial charge is 0.397 e. The van der Waals surface area contributed by atoms with Crippen molar-refractivity contribution in [3.8, 4) is 0 Å². The average molecular weight is 299 g/mol. The van der Waals surface area contributed by atoms with E-state index in [9.17, 15) is 8.78 Å². The van der Waals surface area contributed by atoms with Gasteiger partial charge in [-0.2, -0.15) is 0 Å². The molecule has 0 amide bonds. The molecule has 0 aliphatic rings. The monoisotopic (exact) mass is 298 g/mol. The Labute approximate surface area is 106 Å². The minimum Gasteiger partial charge on any atom is -0.397 e. The number of hydrogen-bond acceptors (Lipinski definition) is 2. The van der Waals surface area contributed by atoms with E-state index in [1.165, 1.54) is 30.3 Å². The molecule has 2 rings (SSSR count). The molecule has 2 aromatic carbocycles. The van der Waals surface area contributed by atoms with Crippen LogP contribution in [-0.4, -0.2) is 0 Å². The lowest BCUT2D eigenvalue weighted by atomic mass is 10.2. The van der Waals surface area contributed by atoms with Crippen LogP contribution < -0.4 is 11.1 Å². The maximum Gasteiger partial charge on any atom is 0.125 e. The Hall–Kier alpha value is -1.62. The van der Waals surface area contributed by atoms with Crippen LogP contribution in [0.5, 0.6) is 0 Å². The van der Waals surface area contributed by atoms with Crippen LogP contribution in [0.4, 0.5) is 25.8 Å². The second-order valence-electron chi connectivity index (χ2n) is 3.48. The van der Waals surface area contributed by atoms with E-state index in [2.05, 4.69) is 21.2 Å². The van der Waals surface area contributed by atoms with E-state index in [4.69, 9.17) is 5.73 Å². The number of nitrogens with two attached hydrogens (primary N) is 1. The van der Waals surface area contributed by atoms with E-state index in [0.717, 1.165) is 0 Å². The second kappa shape index (κ2) is 4.71. The van der Waals surface area contributed by atoms with Gasteiger partial charge in [0.25, 0.3) is 0 Å². The number of nitrogen functional groups attached to an aromatic ring is 1. The average Bonchev–Trinajstić information content (AvgIpc) is 2.25. The molecule has 0 saturated carbocycles. The fraction of sp³-hybridized carbons (Fsp3) is 0. The molecule has 0 aromatic heterocycles. The SMILES string of the molecule is Nc1cc(F)ccc1Nc1ccc(F)cc1Br. The first-order valence-electron chi connectivity index (χ1n) is 4.83. The fourth-order valence-electron chi connectivity index (χ4n) is 1.38. The first-order chi connectivity index (χ1) is 8.06. The van der Waals surface area contributed by atoms with Gasteiger partial charge >= 0.3 is 0 Å². The van der Waals surface area contributed by atoms with E-state index in [0.29, 0.717) is 21.5 Å². The van der Waals surface area contributed by atoms with Crippen LogP contribution >= 0.6 is 15.9 Å². The van der Waals surface area contributed by atoms with Gasteiger partial charge in [-0.05, 0) is 52.3 Å². The summed E-state index contributed by atoms with van der Waals surface area (Å²) in [6.07, 6.45) is 0. The molecule has 88 valence electrons. The van der Waals surface area contributed by atoms with Gasteiger partial charge in [0.1, 0.15) is 11.6 Å². The molecule has 0 unspecified atom stereocenters. The Morgan fingerprint density at radius 1 is 0.941 bits per heavy atom. The molecule has 0 atom stereocenters. The molecule has 0 aliphatic heterocycles. The van der Waals surface area contributed by atoms with Crippen molar-refractivity contribution in [1.82, 2.24) is 0 Å². The lowest BCUT2D eigenvalue weighted by Crippen LogP contribution is -1.97. The van der Waals surface area contributed by atoms with Gasteiger partial charge in [0.2, 0.25) is 0 Å². The molecule has 0 radical (unpaired) electrons. The summed E-state index contributed by atoms with van der Waals surface area (Å²) in [6, 6.07) is 8.29. The minimum atomic E-state index is -0.397. The van der Waals surface area contributed by atoms with E-state index in [-0.39, 0.29) is 5.82 Å². The van der Waals surface area contributed by atoms with Gasteiger partial charge in [-0.1, -0.05) is 0 Å². The van der Waals surface area contributed by atoms with Crippen LogP contribution in [0.1, 0.15) is 0 Å². The summed E-state index contributed by atoms with van der Waals surface area (Å²) in [5.41, 5.74) is 7.18. The smallest absolute Gasteiger partial charge is 0.125 e. The van der Waals surface area contributed by atoms with Gasteiger partial charge in [0, 0.05) is 4.47 Å². The Bertz CT molecular complexity index is 509. The van der Waals surface area contributed by atoms with Crippen LogP contribution in [0.15, 0.2) is 40.9 Å². The third-order valence-corrected chi connectivity index (χ3v) is 2.87. The number of halogens is 3. The van der Waals surface area contributed by atoms with Crippen molar-refractivity contribution >= 4 is 33.0 Å². The van der Waals surface area contributed by atoms with Crippen LogP contribution in [0.2, 0.25) is 0 Å². The zero-order valence-corrected chi connectivity index (χ0v) is 10.3. The summed E-state index contributed by atoms with van der Waals surface area (Å²) in [5.74, 6) is -0.735. The molecule has 0 heterocycles. The van der Waals surface area contributed by atoms with Crippen molar-refractivity contribution in [3.05, 3.63) is 52.5 Å². The quantitative estimate of drug-likeness (QED) is 0.821. The van der Waals surface area contributed by atoms with Crippen molar-refractivity contribution in [2.24, 2.45) is 0 Å². The maximum absolute atomic E-state index is 12.9. The summed E-state index contributed by atoms with van der Waals surface area (Å²) >= 11 is 3.23. The Morgan fingerprint density at radius 2 is 1.53 bits per heavy atom. The first kappa shape index (κ1) is 11.9. The van der Waals surface area contributed by atoms with Crippen molar-refractivity contribution in [3.63, 3.8) is 0 Å². The molecule has 3 N–H and O–H groups in total. The molecule has 2 nitrogen and oxygen atoms in total. The molecule has 5 heteroatoms. The normalized spacial score (nSPS) is 10.3. The molecule has 0 spiro atoms. The summed E-state index contributed by atoms with van der Waals surface area (Å²) < 4.78 is 26.3. The van der Waals surface area contributed by atoms with Gasteiger partial charge in [-0.25, -0.2) is 8.78 Å². The van der Waals surface area contributed by atoms with Crippen molar-refractivity contribution in [2.75, 3.05) is 11.1 Å². The van der Waals surface area contributed by atoms with E-state index in [1.807, 2.05) is 0 Å². The van der Waals surface area contributed by atoms with Crippen LogP contribution in [-0.2, 0) is 0 Å². The molecule has 0 aliphatic carbocycles. The van der Waals surface area contributed by atoms with Crippen LogP contribution in [0, 0.1) is 11.6 Å². The number of hydrogen-bond donors (Lipinski definition) is 2. The van der Waals surface area contributed by atoms with Crippen molar-refractivity contribution in [1.29, 1.82) is 0 Å². The Balaban J connectivity index is 2.31. The highest BCUT2D eigenvalue weighted by Crippen LogP contribution is 2.29. The lowest BCUT2D eigenvalue weighted by molar-refractivity contribution is 0.627. The van der Waals surface area contributed by atoms with Crippen molar-refractivity contribution < 1.29 is 8.78 Å². The van der Waals surface area contributed by atoms with Gasteiger partial charge in [0.05, 0.1) is 17.1 Å². The topological polar surface area (TPSA) is 38.0 Å². The predicted octanol–water partition coefficient (Wildman–Crippen LogP) is 4.05. The second-order valence-corrected chi connectivity index (χ2v) is 4.34. The van der Waals surface area contributed by atoms with E-state index < -0.39 is 5.82 Å². The van der Waals surface area contributed by atoms with Crippen molar-refractivity contribution in [2.45, 2.75) is 0 Å². The summed E-state index contributed by atoms with van der Waals surface area (Å²) in [5, 5.41) is 2.99. The number of nitrogens with one attached hydrogen (secondary N) is 1. The number of anilines is 3. The third-order valence-electron chi connectivity index (χ3n) is 2.21. The van der Waals surface area contributed by atoms with Crippen LogP contribution in [0.25, 0.3) is 0 Å².